The molecule has 2 atom stereocenters. The van der Waals surface area contributed by atoms with Gasteiger partial charge in [-0.15, -0.1) is 0 Å². The molecule has 0 heterocycles. The molecule has 2 unspecified atom stereocenters. The fourth-order valence-corrected chi connectivity index (χ4v) is 3.84. The molecule has 1 rings (SSSR count). The number of ketones is 1. The average molecular weight is 345 g/mol. The van der Waals surface area contributed by atoms with Gasteiger partial charge in [-0.25, -0.2) is 0 Å². The van der Waals surface area contributed by atoms with Crippen LogP contribution in [0.15, 0.2) is 36.0 Å². The molecule has 0 amide bonds. The van der Waals surface area contributed by atoms with E-state index in [-0.39, 0.29) is 0 Å². The van der Waals surface area contributed by atoms with E-state index < -0.39 is 0 Å². The zero-order chi connectivity index (χ0) is 18.5. The van der Waals surface area contributed by atoms with Gasteiger partial charge in [-0.3, -0.25) is 4.79 Å². The van der Waals surface area contributed by atoms with E-state index in [1.54, 1.807) is 0 Å². The lowest BCUT2D eigenvalue weighted by molar-refractivity contribution is -0.116. The van der Waals surface area contributed by atoms with Crippen molar-refractivity contribution in [2.45, 2.75) is 97.8 Å². The molecule has 0 saturated heterocycles. The van der Waals surface area contributed by atoms with E-state index >= 15 is 0 Å². The monoisotopic (exact) mass is 344 g/mol. The van der Waals surface area contributed by atoms with Crippen LogP contribution < -0.4 is 0 Å². The minimum atomic E-state index is 0.322. The third kappa shape index (κ3) is 9.82. The Bertz CT molecular complexity index is 455. The van der Waals surface area contributed by atoms with Crippen molar-refractivity contribution in [3.8, 4) is 0 Å². The van der Waals surface area contributed by atoms with Gasteiger partial charge in [0.15, 0.2) is 5.78 Å². The molecule has 1 aliphatic rings. The van der Waals surface area contributed by atoms with Gasteiger partial charge in [0, 0.05) is 12.0 Å². The Morgan fingerprint density at radius 1 is 0.960 bits per heavy atom. The lowest BCUT2D eigenvalue weighted by Crippen LogP contribution is -2.18. The maximum absolute atomic E-state index is 12.9. The van der Waals surface area contributed by atoms with E-state index in [1.165, 1.54) is 64.2 Å². The molecule has 0 aliphatic heterocycles. The summed E-state index contributed by atoms with van der Waals surface area (Å²) in [6.07, 6.45) is 21.0. The number of carbonyl (C=O) groups is 1. The Labute approximate surface area is 156 Å². The van der Waals surface area contributed by atoms with Gasteiger partial charge < -0.3 is 0 Å². The zero-order valence-corrected chi connectivity index (χ0v) is 17.0. The highest BCUT2D eigenvalue weighted by Gasteiger charge is 2.21. The third-order valence-electron chi connectivity index (χ3n) is 5.53. The van der Waals surface area contributed by atoms with Crippen molar-refractivity contribution in [2.24, 2.45) is 11.8 Å². The normalized spacial score (nSPS) is 24.5. The molecule has 0 bridgehead atoms. The van der Waals surface area contributed by atoms with E-state index in [0.29, 0.717) is 24.0 Å². The summed E-state index contributed by atoms with van der Waals surface area (Å²) in [6, 6.07) is 0. The lowest BCUT2D eigenvalue weighted by Gasteiger charge is -2.24. The van der Waals surface area contributed by atoms with Crippen molar-refractivity contribution in [1.82, 2.24) is 0 Å². The molecule has 25 heavy (non-hydrogen) atoms. The summed E-state index contributed by atoms with van der Waals surface area (Å²) in [5.41, 5.74) is 1.87. The predicted octanol–water partition coefficient (Wildman–Crippen LogP) is 7.58. The number of allylic oxidation sites excluding steroid dienone is 5. The molecular weight excluding hydrogens is 304 g/mol. The highest BCUT2D eigenvalue weighted by molar-refractivity contribution is 5.98. The van der Waals surface area contributed by atoms with Crippen molar-refractivity contribution < 1.29 is 4.79 Å². The number of carbonyl (C=O) groups excluding carboxylic acids is 1. The quantitative estimate of drug-likeness (QED) is 0.358. The molecule has 1 nitrogen and oxygen atoms in total. The van der Waals surface area contributed by atoms with Crippen LogP contribution in [-0.2, 0) is 4.79 Å². The van der Waals surface area contributed by atoms with Crippen LogP contribution in [0, 0.1) is 11.8 Å². The predicted molar refractivity (Wildman–Crippen MR) is 111 cm³/mol. The first-order valence-electron chi connectivity index (χ1n) is 10.6. The average Bonchev–Trinajstić information content (AvgIpc) is 2.57. The van der Waals surface area contributed by atoms with Gasteiger partial charge in [-0.2, -0.15) is 0 Å². The highest BCUT2D eigenvalue weighted by Crippen LogP contribution is 2.29. The molecule has 0 spiro atoms. The van der Waals surface area contributed by atoms with Crippen molar-refractivity contribution in [1.29, 1.82) is 0 Å². The van der Waals surface area contributed by atoms with Gasteiger partial charge in [0.1, 0.15) is 0 Å². The van der Waals surface area contributed by atoms with E-state index in [9.17, 15) is 4.79 Å². The molecule has 1 fully saturated rings. The molecule has 1 saturated carbocycles. The molecule has 142 valence electrons. The van der Waals surface area contributed by atoms with E-state index in [1.807, 2.05) is 19.1 Å². The highest BCUT2D eigenvalue weighted by atomic mass is 16.1. The summed E-state index contributed by atoms with van der Waals surface area (Å²) in [6.45, 7) is 10.3. The summed E-state index contributed by atoms with van der Waals surface area (Å²) in [5, 5.41) is 0. The Hall–Kier alpha value is -1.11. The Kier molecular flexibility index (Phi) is 11.5. The lowest BCUT2D eigenvalue weighted by atomic mass is 9.80. The summed E-state index contributed by atoms with van der Waals surface area (Å²) < 4.78 is 0. The van der Waals surface area contributed by atoms with Crippen LogP contribution in [0.4, 0.5) is 0 Å². The van der Waals surface area contributed by atoms with Crippen molar-refractivity contribution >= 4 is 5.78 Å². The second-order valence-corrected chi connectivity index (χ2v) is 8.02. The number of Topliss-reactive ketones (excluding diaryl/α,β-unsaturated/α-hetero) is 1. The number of rotatable bonds is 6. The largest absolute Gasteiger partial charge is 0.294 e. The first-order valence-corrected chi connectivity index (χ1v) is 10.6. The molecule has 0 aromatic rings. The van der Waals surface area contributed by atoms with Gasteiger partial charge in [-0.05, 0) is 31.6 Å². The molecule has 0 radical (unpaired) electrons. The summed E-state index contributed by atoms with van der Waals surface area (Å²) in [4.78, 5) is 12.9. The smallest absolute Gasteiger partial charge is 0.162 e. The first kappa shape index (κ1) is 21.9. The number of hydrogen-bond donors (Lipinski definition) is 0. The van der Waals surface area contributed by atoms with Gasteiger partial charge in [-0.1, -0.05) is 102 Å². The fourth-order valence-electron chi connectivity index (χ4n) is 3.84. The van der Waals surface area contributed by atoms with Crippen molar-refractivity contribution in [3.05, 3.63) is 36.0 Å². The minimum absolute atomic E-state index is 0.322. The second kappa shape index (κ2) is 13.1. The van der Waals surface area contributed by atoms with E-state index in [0.717, 1.165) is 17.6 Å². The maximum atomic E-state index is 12.9. The number of hydrogen-bond acceptors (Lipinski definition) is 1. The summed E-state index contributed by atoms with van der Waals surface area (Å²) in [5.74, 6) is 1.53. The van der Waals surface area contributed by atoms with Gasteiger partial charge in [0.05, 0.1) is 0 Å². The Morgan fingerprint density at radius 2 is 1.52 bits per heavy atom. The van der Waals surface area contributed by atoms with E-state index in [2.05, 4.69) is 26.5 Å². The SMILES string of the molecule is C=C(C)C=CC(=CCC)C(=O)CC1CCCCCCCCCCC1C. The third-order valence-corrected chi connectivity index (χ3v) is 5.53. The Morgan fingerprint density at radius 3 is 2.08 bits per heavy atom. The molecule has 0 aromatic heterocycles. The van der Waals surface area contributed by atoms with E-state index in [4.69, 9.17) is 0 Å². The van der Waals surface area contributed by atoms with Crippen molar-refractivity contribution in [3.63, 3.8) is 0 Å². The van der Waals surface area contributed by atoms with Gasteiger partial charge >= 0.3 is 0 Å². The van der Waals surface area contributed by atoms with Crippen LogP contribution >= 0.6 is 0 Å². The van der Waals surface area contributed by atoms with Crippen LogP contribution in [0.3, 0.4) is 0 Å². The summed E-state index contributed by atoms with van der Waals surface area (Å²) in [7, 11) is 0. The fraction of sp³-hybridized carbons (Fsp3) is 0.708. The van der Waals surface area contributed by atoms with Crippen LogP contribution in [0.1, 0.15) is 97.8 Å². The maximum Gasteiger partial charge on any atom is 0.162 e. The van der Waals surface area contributed by atoms with Crippen LogP contribution in [0.5, 0.6) is 0 Å². The molecule has 1 aliphatic carbocycles. The van der Waals surface area contributed by atoms with Crippen LogP contribution in [-0.4, -0.2) is 5.78 Å². The minimum Gasteiger partial charge on any atom is -0.294 e. The Balaban J connectivity index is 2.72. The standard InChI is InChI=1S/C24H40O/c1-5-14-22(18-17-20(2)3)24(25)19-23-16-13-11-9-7-6-8-10-12-15-21(23)4/h14,17-18,21,23H,2,5-13,15-16,19H2,1,3-4H3. The van der Waals surface area contributed by atoms with Gasteiger partial charge in [0.2, 0.25) is 0 Å². The topological polar surface area (TPSA) is 17.1 Å². The molecule has 0 N–H and O–H groups in total. The zero-order valence-electron chi connectivity index (χ0n) is 17.0. The second-order valence-electron chi connectivity index (χ2n) is 8.02. The van der Waals surface area contributed by atoms with Crippen LogP contribution in [0.2, 0.25) is 0 Å². The summed E-state index contributed by atoms with van der Waals surface area (Å²) >= 11 is 0. The first-order chi connectivity index (χ1) is 12.0. The molecule has 0 aromatic carbocycles. The van der Waals surface area contributed by atoms with Crippen molar-refractivity contribution in [2.75, 3.05) is 0 Å². The molecular formula is C24H40O. The molecule has 1 heteroatoms. The van der Waals surface area contributed by atoms with Gasteiger partial charge in [0.25, 0.3) is 0 Å². The van der Waals surface area contributed by atoms with Crippen LogP contribution in [0.25, 0.3) is 0 Å².